The number of carbonyl (C=O) groups is 1. The molecule has 1 saturated heterocycles. The van der Waals surface area contributed by atoms with Crippen molar-refractivity contribution in [3.8, 4) is 0 Å². The fourth-order valence-electron chi connectivity index (χ4n) is 2.66. The van der Waals surface area contributed by atoms with Gasteiger partial charge in [0.1, 0.15) is 0 Å². The number of urea groups is 1. The number of likely N-dealkylation sites (N-methyl/N-ethyl adjacent to an activating group) is 1. The zero-order valence-corrected chi connectivity index (χ0v) is 12.7. The van der Waals surface area contributed by atoms with E-state index in [1.54, 1.807) is 7.05 Å². The first-order valence-corrected chi connectivity index (χ1v) is 7.65. The smallest absolute Gasteiger partial charge is 0.317 e. The summed E-state index contributed by atoms with van der Waals surface area (Å²) in [6.07, 6.45) is 3.78. The van der Waals surface area contributed by atoms with E-state index in [1.807, 2.05) is 12.1 Å². The minimum absolute atomic E-state index is 0.0196. The Balaban J connectivity index is 1.98. The van der Waals surface area contributed by atoms with E-state index in [9.17, 15) is 4.79 Å². The summed E-state index contributed by atoms with van der Waals surface area (Å²) in [5.41, 5.74) is 2.37. The van der Waals surface area contributed by atoms with Crippen LogP contribution in [0.1, 0.15) is 24.8 Å². The summed E-state index contributed by atoms with van der Waals surface area (Å²) >= 11 is 0. The number of rotatable bonds is 5. The molecule has 2 N–H and O–H groups in total. The second-order valence-corrected chi connectivity index (χ2v) is 5.48. The molecule has 0 radical (unpaired) electrons. The fourth-order valence-corrected chi connectivity index (χ4v) is 2.66. The molecule has 0 spiro atoms. The van der Waals surface area contributed by atoms with Gasteiger partial charge < -0.3 is 20.2 Å². The lowest BCUT2D eigenvalue weighted by atomic mass is 10.1. The molecular weight excluding hydrogens is 266 g/mol. The highest BCUT2D eigenvalue weighted by molar-refractivity contribution is 5.74. The van der Waals surface area contributed by atoms with Gasteiger partial charge in [-0.1, -0.05) is 18.2 Å². The van der Waals surface area contributed by atoms with Crippen LogP contribution in [0.4, 0.5) is 10.5 Å². The number of hydrogen-bond donors (Lipinski definition) is 2. The number of para-hydroxylation sites is 1. The molecule has 1 heterocycles. The van der Waals surface area contributed by atoms with E-state index in [0.717, 1.165) is 18.7 Å². The SMILES string of the molecule is CN(CCO)C(=O)NCc1ccccc1N1CCCCC1. The Bertz CT molecular complexity index is 459. The van der Waals surface area contributed by atoms with Crippen molar-refractivity contribution >= 4 is 11.7 Å². The molecule has 0 bridgehead atoms. The highest BCUT2D eigenvalue weighted by Crippen LogP contribution is 2.23. The molecule has 21 heavy (non-hydrogen) atoms. The highest BCUT2D eigenvalue weighted by atomic mass is 16.3. The standard InChI is InChI=1S/C16H25N3O2/c1-18(11-12-20)16(21)17-13-14-7-3-4-8-15(14)19-9-5-2-6-10-19/h3-4,7-8,20H,2,5-6,9-13H2,1H3,(H,17,21). The number of hydrogen-bond acceptors (Lipinski definition) is 3. The van der Waals surface area contributed by atoms with Gasteiger partial charge in [-0.2, -0.15) is 0 Å². The molecule has 5 nitrogen and oxygen atoms in total. The van der Waals surface area contributed by atoms with Crippen LogP contribution in [0.3, 0.4) is 0 Å². The van der Waals surface area contributed by atoms with Gasteiger partial charge in [-0.15, -0.1) is 0 Å². The van der Waals surface area contributed by atoms with Crippen LogP contribution in [0.2, 0.25) is 0 Å². The van der Waals surface area contributed by atoms with Crippen molar-refractivity contribution < 1.29 is 9.90 Å². The quantitative estimate of drug-likeness (QED) is 0.870. The molecule has 1 aliphatic heterocycles. The summed E-state index contributed by atoms with van der Waals surface area (Å²) in [6.45, 7) is 3.03. The zero-order chi connectivity index (χ0) is 15.1. The maximum atomic E-state index is 11.9. The number of aliphatic hydroxyl groups is 1. The first-order chi connectivity index (χ1) is 10.2. The van der Waals surface area contributed by atoms with Crippen LogP contribution in [0, 0.1) is 0 Å². The van der Waals surface area contributed by atoms with E-state index >= 15 is 0 Å². The predicted molar refractivity (Wildman–Crippen MR) is 84.5 cm³/mol. The van der Waals surface area contributed by atoms with Crippen LogP contribution in [0.15, 0.2) is 24.3 Å². The monoisotopic (exact) mass is 291 g/mol. The molecule has 5 heteroatoms. The van der Waals surface area contributed by atoms with Crippen LogP contribution >= 0.6 is 0 Å². The van der Waals surface area contributed by atoms with E-state index in [2.05, 4.69) is 22.3 Å². The molecule has 2 amide bonds. The van der Waals surface area contributed by atoms with Crippen LogP contribution in [-0.2, 0) is 6.54 Å². The second kappa shape index (κ2) is 7.88. The van der Waals surface area contributed by atoms with E-state index < -0.39 is 0 Å². The lowest BCUT2D eigenvalue weighted by molar-refractivity contribution is 0.190. The molecule has 0 saturated carbocycles. The van der Waals surface area contributed by atoms with Gasteiger partial charge in [-0.25, -0.2) is 4.79 Å². The Morgan fingerprint density at radius 1 is 1.29 bits per heavy atom. The largest absolute Gasteiger partial charge is 0.395 e. The van der Waals surface area contributed by atoms with Gasteiger partial charge in [0.15, 0.2) is 0 Å². The Labute approximate surface area is 126 Å². The molecule has 1 fully saturated rings. The topological polar surface area (TPSA) is 55.8 Å². The lowest BCUT2D eigenvalue weighted by Crippen LogP contribution is -2.38. The van der Waals surface area contributed by atoms with E-state index in [-0.39, 0.29) is 12.6 Å². The third-order valence-corrected chi connectivity index (χ3v) is 3.90. The van der Waals surface area contributed by atoms with Crippen molar-refractivity contribution in [3.63, 3.8) is 0 Å². The van der Waals surface area contributed by atoms with Gasteiger partial charge in [0, 0.05) is 38.9 Å². The fraction of sp³-hybridized carbons (Fsp3) is 0.562. The Hall–Kier alpha value is -1.75. The number of amides is 2. The van der Waals surface area contributed by atoms with Crippen molar-refractivity contribution in [1.82, 2.24) is 10.2 Å². The minimum atomic E-state index is -0.155. The number of carbonyl (C=O) groups excluding carboxylic acids is 1. The normalized spacial score (nSPS) is 14.9. The molecule has 1 aromatic rings. The molecule has 116 valence electrons. The third-order valence-electron chi connectivity index (χ3n) is 3.90. The molecule has 0 aliphatic carbocycles. The van der Waals surface area contributed by atoms with E-state index in [4.69, 9.17) is 5.11 Å². The lowest BCUT2D eigenvalue weighted by Gasteiger charge is -2.30. The molecule has 0 unspecified atom stereocenters. The molecule has 2 rings (SSSR count). The van der Waals surface area contributed by atoms with Crippen LogP contribution in [0.25, 0.3) is 0 Å². The maximum absolute atomic E-state index is 11.9. The second-order valence-electron chi connectivity index (χ2n) is 5.48. The van der Waals surface area contributed by atoms with Gasteiger partial charge in [-0.05, 0) is 30.9 Å². The number of aliphatic hydroxyl groups excluding tert-OH is 1. The Morgan fingerprint density at radius 3 is 2.71 bits per heavy atom. The summed E-state index contributed by atoms with van der Waals surface area (Å²) in [4.78, 5) is 15.8. The number of nitrogens with one attached hydrogen (secondary N) is 1. The first-order valence-electron chi connectivity index (χ1n) is 7.65. The van der Waals surface area contributed by atoms with Crippen LogP contribution < -0.4 is 10.2 Å². The van der Waals surface area contributed by atoms with Crippen molar-refractivity contribution in [3.05, 3.63) is 29.8 Å². The molecule has 0 atom stereocenters. The van der Waals surface area contributed by atoms with E-state index in [0.29, 0.717) is 13.1 Å². The Morgan fingerprint density at radius 2 is 2.00 bits per heavy atom. The van der Waals surface area contributed by atoms with Gasteiger partial charge in [0.25, 0.3) is 0 Å². The van der Waals surface area contributed by atoms with Gasteiger partial charge >= 0.3 is 6.03 Å². The number of benzene rings is 1. The van der Waals surface area contributed by atoms with Crippen molar-refractivity contribution in [2.75, 3.05) is 38.2 Å². The summed E-state index contributed by atoms with van der Waals surface area (Å²) in [5.74, 6) is 0. The average Bonchev–Trinajstić information content (AvgIpc) is 2.54. The predicted octanol–water partition coefficient (Wildman–Crippen LogP) is 1.81. The highest BCUT2D eigenvalue weighted by Gasteiger charge is 2.15. The Kier molecular flexibility index (Phi) is 5.87. The maximum Gasteiger partial charge on any atom is 0.317 e. The third kappa shape index (κ3) is 4.36. The number of anilines is 1. The zero-order valence-electron chi connectivity index (χ0n) is 12.7. The van der Waals surface area contributed by atoms with Crippen LogP contribution in [0.5, 0.6) is 0 Å². The average molecular weight is 291 g/mol. The summed E-state index contributed by atoms with van der Waals surface area (Å²) in [6, 6.07) is 8.09. The van der Waals surface area contributed by atoms with Crippen LogP contribution in [-0.4, -0.2) is 49.3 Å². The molecule has 1 aliphatic rings. The minimum Gasteiger partial charge on any atom is -0.395 e. The first kappa shape index (κ1) is 15.6. The molecular formula is C16H25N3O2. The van der Waals surface area contributed by atoms with Gasteiger partial charge in [-0.3, -0.25) is 0 Å². The summed E-state index contributed by atoms with van der Waals surface area (Å²) in [7, 11) is 1.68. The number of nitrogens with zero attached hydrogens (tertiary/aromatic N) is 2. The molecule has 1 aromatic carbocycles. The van der Waals surface area contributed by atoms with Crippen molar-refractivity contribution in [1.29, 1.82) is 0 Å². The van der Waals surface area contributed by atoms with Gasteiger partial charge in [0.05, 0.1) is 6.61 Å². The van der Waals surface area contributed by atoms with Crippen molar-refractivity contribution in [2.24, 2.45) is 0 Å². The molecule has 0 aromatic heterocycles. The van der Waals surface area contributed by atoms with E-state index in [1.165, 1.54) is 29.8 Å². The number of piperidine rings is 1. The summed E-state index contributed by atoms with van der Waals surface area (Å²) < 4.78 is 0. The summed E-state index contributed by atoms with van der Waals surface area (Å²) in [5, 5.41) is 11.8. The van der Waals surface area contributed by atoms with Crippen molar-refractivity contribution in [2.45, 2.75) is 25.8 Å². The van der Waals surface area contributed by atoms with Gasteiger partial charge in [0.2, 0.25) is 0 Å².